The summed E-state index contributed by atoms with van der Waals surface area (Å²) in [5, 5.41) is 6.01. The monoisotopic (exact) mass is 383 g/mol. The summed E-state index contributed by atoms with van der Waals surface area (Å²) in [4.78, 5) is 9.25. The molecule has 3 heterocycles. The summed E-state index contributed by atoms with van der Waals surface area (Å²) in [5.74, 6) is 0.682. The Labute approximate surface area is 170 Å². The van der Waals surface area contributed by atoms with Gasteiger partial charge in [0.25, 0.3) is 0 Å². The van der Waals surface area contributed by atoms with Crippen molar-refractivity contribution in [3.8, 4) is 22.6 Å². The van der Waals surface area contributed by atoms with E-state index in [9.17, 15) is 0 Å². The Kier molecular flexibility index (Phi) is 4.82. The molecule has 0 aliphatic heterocycles. The van der Waals surface area contributed by atoms with Gasteiger partial charge in [0.1, 0.15) is 0 Å². The molecular weight excluding hydrogens is 358 g/mol. The maximum Gasteiger partial charge on any atom is 0.0924 e. The van der Waals surface area contributed by atoms with Crippen LogP contribution in [0, 0.1) is 5.92 Å². The van der Waals surface area contributed by atoms with E-state index in [1.165, 1.54) is 12.8 Å². The first-order chi connectivity index (χ1) is 14.3. The second-order valence-corrected chi connectivity index (χ2v) is 7.91. The molecule has 0 radical (unpaired) electrons. The van der Waals surface area contributed by atoms with E-state index in [1.807, 2.05) is 24.3 Å². The zero-order valence-corrected chi connectivity index (χ0v) is 16.4. The predicted octanol–water partition coefficient (Wildman–Crippen LogP) is 4.85. The first kappa shape index (κ1) is 18.0. The molecule has 0 spiro atoms. The lowest BCUT2D eigenvalue weighted by Crippen LogP contribution is -2.23. The molecule has 146 valence electrons. The molecule has 5 nitrogen and oxygen atoms in total. The highest BCUT2D eigenvalue weighted by molar-refractivity contribution is 5.85. The number of nitrogens with zero attached hydrogens (tertiary/aromatic N) is 4. The minimum atomic E-state index is 0.487. The minimum Gasteiger partial charge on any atom is -0.330 e. The third-order valence-electron chi connectivity index (χ3n) is 6.05. The molecular formula is C24H25N5. The number of hydrogen-bond acceptors (Lipinski definition) is 4. The Morgan fingerprint density at radius 1 is 0.897 bits per heavy atom. The number of pyridine rings is 2. The van der Waals surface area contributed by atoms with Crippen LogP contribution in [-0.2, 0) is 0 Å². The van der Waals surface area contributed by atoms with Crippen LogP contribution in [0.15, 0.2) is 67.0 Å². The zero-order valence-electron chi connectivity index (χ0n) is 16.4. The summed E-state index contributed by atoms with van der Waals surface area (Å²) in [6, 6.07) is 19.0. The van der Waals surface area contributed by atoms with Crippen molar-refractivity contribution >= 4 is 10.9 Å². The van der Waals surface area contributed by atoms with Crippen molar-refractivity contribution in [3.63, 3.8) is 0 Å². The van der Waals surface area contributed by atoms with Crippen molar-refractivity contribution in [2.45, 2.75) is 31.7 Å². The second kappa shape index (κ2) is 7.76. The van der Waals surface area contributed by atoms with Gasteiger partial charge in [-0.3, -0.25) is 9.67 Å². The van der Waals surface area contributed by atoms with Gasteiger partial charge in [0.2, 0.25) is 0 Å². The van der Waals surface area contributed by atoms with Gasteiger partial charge in [-0.05, 0) is 68.5 Å². The Hall–Kier alpha value is -3.05. The first-order valence-corrected chi connectivity index (χ1v) is 10.4. The molecule has 1 aliphatic rings. The SMILES string of the molecule is NCC1CCC(n2ccc(-c3ccc4ccc(-c5ccccn5)nc4c3)n2)CC1. The van der Waals surface area contributed by atoms with Crippen molar-refractivity contribution in [2.75, 3.05) is 6.54 Å². The van der Waals surface area contributed by atoms with E-state index in [1.54, 1.807) is 6.20 Å². The van der Waals surface area contributed by atoms with Crippen LogP contribution in [-0.4, -0.2) is 26.3 Å². The molecule has 29 heavy (non-hydrogen) atoms. The standard InChI is InChI=1S/C24H25N5/c25-16-17-4-9-20(10-5-17)29-14-12-21(28-29)19-7-6-18-8-11-23(27-24(18)15-19)22-3-1-2-13-26-22/h1-3,6-8,11-15,17,20H,4-5,9-10,16,25H2. The largest absolute Gasteiger partial charge is 0.330 e. The fourth-order valence-electron chi connectivity index (χ4n) is 4.27. The Morgan fingerprint density at radius 3 is 2.55 bits per heavy atom. The van der Waals surface area contributed by atoms with Gasteiger partial charge < -0.3 is 5.73 Å². The molecule has 2 N–H and O–H groups in total. The third kappa shape index (κ3) is 3.66. The number of hydrogen-bond donors (Lipinski definition) is 1. The van der Waals surface area contributed by atoms with Gasteiger partial charge in [-0.2, -0.15) is 5.10 Å². The summed E-state index contributed by atoms with van der Waals surface area (Å²) in [5.41, 5.74) is 10.7. The highest BCUT2D eigenvalue weighted by Gasteiger charge is 2.22. The first-order valence-electron chi connectivity index (χ1n) is 10.4. The minimum absolute atomic E-state index is 0.487. The maximum atomic E-state index is 5.83. The number of aromatic nitrogens is 4. The van der Waals surface area contributed by atoms with Crippen LogP contribution in [0.5, 0.6) is 0 Å². The molecule has 0 saturated heterocycles. The van der Waals surface area contributed by atoms with Gasteiger partial charge in [0.05, 0.1) is 28.6 Å². The molecule has 1 saturated carbocycles. The van der Waals surface area contributed by atoms with Crippen molar-refractivity contribution in [1.82, 2.24) is 19.7 Å². The van der Waals surface area contributed by atoms with Crippen LogP contribution in [0.4, 0.5) is 0 Å². The van der Waals surface area contributed by atoms with E-state index < -0.39 is 0 Å². The van der Waals surface area contributed by atoms with Gasteiger partial charge in [-0.1, -0.05) is 24.3 Å². The average molecular weight is 383 g/mol. The Bertz CT molecular complexity index is 1110. The summed E-state index contributed by atoms with van der Waals surface area (Å²) < 4.78 is 2.14. The fourth-order valence-corrected chi connectivity index (χ4v) is 4.27. The predicted molar refractivity (Wildman–Crippen MR) is 116 cm³/mol. The van der Waals surface area contributed by atoms with Crippen LogP contribution in [0.1, 0.15) is 31.7 Å². The van der Waals surface area contributed by atoms with Gasteiger partial charge in [-0.15, -0.1) is 0 Å². The molecule has 4 aromatic rings. The van der Waals surface area contributed by atoms with Crippen molar-refractivity contribution < 1.29 is 0 Å². The molecule has 1 aliphatic carbocycles. The zero-order chi connectivity index (χ0) is 19.6. The molecule has 5 rings (SSSR count). The van der Waals surface area contributed by atoms with Crippen LogP contribution >= 0.6 is 0 Å². The molecule has 1 fully saturated rings. The highest BCUT2D eigenvalue weighted by atomic mass is 15.3. The van der Waals surface area contributed by atoms with Gasteiger partial charge in [0, 0.05) is 23.3 Å². The average Bonchev–Trinajstić information content (AvgIpc) is 3.29. The molecule has 5 heteroatoms. The summed E-state index contributed by atoms with van der Waals surface area (Å²) in [6.45, 7) is 0.807. The number of benzene rings is 1. The highest BCUT2D eigenvalue weighted by Crippen LogP contribution is 2.32. The second-order valence-electron chi connectivity index (χ2n) is 7.91. The Balaban J connectivity index is 1.42. The lowest BCUT2D eigenvalue weighted by molar-refractivity contribution is 0.265. The van der Waals surface area contributed by atoms with E-state index in [4.69, 9.17) is 15.8 Å². The fraction of sp³-hybridized carbons (Fsp3) is 0.292. The van der Waals surface area contributed by atoms with Crippen LogP contribution in [0.3, 0.4) is 0 Å². The smallest absolute Gasteiger partial charge is 0.0924 e. The van der Waals surface area contributed by atoms with Crippen LogP contribution < -0.4 is 5.73 Å². The summed E-state index contributed by atoms with van der Waals surface area (Å²) >= 11 is 0. The van der Waals surface area contributed by atoms with E-state index in [-0.39, 0.29) is 0 Å². The van der Waals surface area contributed by atoms with Crippen molar-refractivity contribution in [2.24, 2.45) is 11.7 Å². The van der Waals surface area contributed by atoms with Crippen LogP contribution in [0.25, 0.3) is 33.5 Å². The van der Waals surface area contributed by atoms with Crippen molar-refractivity contribution in [3.05, 3.63) is 67.0 Å². The quantitative estimate of drug-likeness (QED) is 0.547. The normalized spacial score (nSPS) is 19.5. The molecule has 0 amide bonds. The number of rotatable bonds is 4. The lowest BCUT2D eigenvalue weighted by Gasteiger charge is -2.27. The molecule has 0 unspecified atom stereocenters. The van der Waals surface area contributed by atoms with E-state index in [0.717, 1.165) is 52.9 Å². The van der Waals surface area contributed by atoms with Crippen LogP contribution in [0.2, 0.25) is 0 Å². The van der Waals surface area contributed by atoms with E-state index in [2.05, 4.69) is 46.2 Å². The number of nitrogens with two attached hydrogens (primary N) is 1. The molecule has 1 aromatic carbocycles. The van der Waals surface area contributed by atoms with Crippen molar-refractivity contribution in [1.29, 1.82) is 0 Å². The molecule has 0 bridgehead atoms. The van der Waals surface area contributed by atoms with Gasteiger partial charge >= 0.3 is 0 Å². The van der Waals surface area contributed by atoms with Gasteiger partial charge in [-0.25, -0.2) is 4.98 Å². The summed E-state index contributed by atoms with van der Waals surface area (Å²) in [6.07, 6.45) is 8.64. The molecule has 3 aromatic heterocycles. The maximum absolute atomic E-state index is 5.83. The summed E-state index contributed by atoms with van der Waals surface area (Å²) in [7, 11) is 0. The van der Waals surface area contributed by atoms with Gasteiger partial charge in [0.15, 0.2) is 0 Å². The molecule has 0 atom stereocenters. The van der Waals surface area contributed by atoms with E-state index in [0.29, 0.717) is 12.0 Å². The van der Waals surface area contributed by atoms with E-state index >= 15 is 0 Å². The topological polar surface area (TPSA) is 69.6 Å². The Morgan fingerprint density at radius 2 is 1.76 bits per heavy atom. The number of fused-ring (bicyclic) bond motifs is 1. The lowest BCUT2D eigenvalue weighted by atomic mass is 9.86. The third-order valence-corrected chi connectivity index (χ3v) is 6.05.